The van der Waals surface area contributed by atoms with E-state index < -0.39 is 18.1 Å². The molecule has 224 valence electrons. The van der Waals surface area contributed by atoms with Crippen molar-refractivity contribution < 1.29 is 23.1 Å². The highest BCUT2D eigenvalue weighted by Crippen LogP contribution is 2.36. The summed E-state index contributed by atoms with van der Waals surface area (Å²) in [6, 6.07) is 3.93. The number of amides is 2. The van der Waals surface area contributed by atoms with E-state index in [4.69, 9.17) is 10.5 Å². The Bertz CT molecular complexity index is 1260. The number of rotatable bonds is 11. The second-order valence-electron chi connectivity index (χ2n) is 11.1. The van der Waals surface area contributed by atoms with Gasteiger partial charge in [-0.05, 0) is 64.7 Å². The Morgan fingerprint density at radius 1 is 1.27 bits per heavy atom. The number of fused-ring (bicyclic) bond motifs is 1. The number of esters is 1. The van der Waals surface area contributed by atoms with Crippen molar-refractivity contribution in [1.29, 1.82) is 0 Å². The summed E-state index contributed by atoms with van der Waals surface area (Å²) in [7, 11) is 1.55. The summed E-state index contributed by atoms with van der Waals surface area (Å²) < 4.78 is 33.2. The van der Waals surface area contributed by atoms with Gasteiger partial charge in [-0.2, -0.15) is 0 Å². The highest BCUT2D eigenvalue weighted by atomic mass is 19.3. The zero-order chi connectivity index (χ0) is 30.3. The zero-order valence-electron chi connectivity index (χ0n) is 24.8. The summed E-state index contributed by atoms with van der Waals surface area (Å²) in [5.74, 6) is 0.0699. The first kappa shape index (κ1) is 31.8. The molecule has 1 atom stereocenters. The molecule has 3 N–H and O–H groups in total. The van der Waals surface area contributed by atoms with Crippen LogP contribution in [0.25, 0.3) is 0 Å². The van der Waals surface area contributed by atoms with Gasteiger partial charge >= 0.3 is 12.0 Å². The lowest BCUT2D eigenvalue weighted by Crippen LogP contribution is -2.34. The topological polar surface area (TPSA) is 113 Å². The van der Waals surface area contributed by atoms with Crippen LogP contribution in [-0.2, 0) is 16.0 Å². The number of hydrogen-bond acceptors (Lipinski definition) is 7. The molecule has 9 nitrogen and oxygen atoms in total. The lowest BCUT2D eigenvalue weighted by Gasteiger charge is -2.29. The first-order valence-electron chi connectivity index (χ1n) is 14.1. The number of pyridine rings is 1. The lowest BCUT2D eigenvalue weighted by atomic mass is 10.0. The van der Waals surface area contributed by atoms with E-state index in [0.29, 0.717) is 43.7 Å². The van der Waals surface area contributed by atoms with Gasteiger partial charge in [0.05, 0.1) is 11.6 Å². The molecule has 11 heteroatoms. The van der Waals surface area contributed by atoms with E-state index in [1.165, 1.54) is 17.2 Å². The molecular formula is C30H42F2N6O3. The first-order valence-corrected chi connectivity index (χ1v) is 14.1. The smallest absolute Gasteiger partial charge is 0.327 e. The molecular weight excluding hydrogens is 530 g/mol. The largest absolute Gasteiger partial charge is 0.460 e. The Labute approximate surface area is 241 Å². The van der Waals surface area contributed by atoms with Crippen molar-refractivity contribution in [3.63, 3.8) is 0 Å². The fraction of sp³-hybridized carbons (Fsp3) is 0.533. The maximum atomic E-state index is 13.8. The minimum atomic E-state index is -2.83. The van der Waals surface area contributed by atoms with Gasteiger partial charge in [-0.15, -0.1) is 0 Å². The normalized spacial score (nSPS) is 13.9. The quantitative estimate of drug-likeness (QED) is 0.188. The van der Waals surface area contributed by atoms with E-state index in [-0.39, 0.29) is 28.8 Å². The molecule has 0 fully saturated rings. The van der Waals surface area contributed by atoms with E-state index in [2.05, 4.69) is 27.1 Å². The summed E-state index contributed by atoms with van der Waals surface area (Å²) in [5.41, 5.74) is 7.41. The number of benzene rings is 1. The van der Waals surface area contributed by atoms with Crippen LogP contribution in [-0.4, -0.2) is 55.5 Å². The van der Waals surface area contributed by atoms with E-state index >= 15 is 0 Å². The van der Waals surface area contributed by atoms with Gasteiger partial charge in [0.1, 0.15) is 11.4 Å². The number of carbonyl (C=O) groups is 2. The Balaban J connectivity index is 1.83. The molecule has 2 amide bonds. The van der Waals surface area contributed by atoms with Crippen LogP contribution in [0.2, 0.25) is 0 Å². The Morgan fingerprint density at radius 3 is 2.61 bits per heavy atom. The van der Waals surface area contributed by atoms with Crippen LogP contribution in [0.5, 0.6) is 0 Å². The summed E-state index contributed by atoms with van der Waals surface area (Å²) in [5, 5.41) is 2.64. The molecule has 0 saturated carbocycles. The van der Waals surface area contributed by atoms with Crippen molar-refractivity contribution in [2.45, 2.75) is 72.3 Å². The fourth-order valence-corrected chi connectivity index (χ4v) is 4.95. The third kappa shape index (κ3) is 7.92. The van der Waals surface area contributed by atoms with E-state index in [1.54, 1.807) is 13.2 Å². The minimum Gasteiger partial charge on any atom is -0.460 e. The molecule has 2 aromatic rings. The summed E-state index contributed by atoms with van der Waals surface area (Å²) >= 11 is 0. The highest BCUT2D eigenvalue weighted by molar-refractivity contribution is 6.04. The van der Waals surface area contributed by atoms with Crippen molar-refractivity contribution in [3.05, 3.63) is 41.1 Å². The number of hydrogen-bond donors (Lipinski definition) is 2. The van der Waals surface area contributed by atoms with Gasteiger partial charge in [0, 0.05) is 67.2 Å². The molecule has 1 aliphatic rings. The van der Waals surface area contributed by atoms with Crippen molar-refractivity contribution in [2.24, 2.45) is 10.9 Å². The van der Waals surface area contributed by atoms with Crippen LogP contribution >= 0.6 is 0 Å². The molecule has 0 bridgehead atoms. The number of halogens is 2. The SMILES string of the molecule is CCCN(CCC(CC)C(=O)OC(C)(C)C)c1ccnc2c1CCN2C(=O)Nc1cc(C=NC)c(N)cc1C(F)F. The number of aliphatic imine (C=N–C) groups is 1. The molecule has 1 unspecified atom stereocenters. The van der Waals surface area contributed by atoms with Crippen molar-refractivity contribution >= 4 is 41.1 Å². The Hall–Kier alpha value is -3.76. The first-order chi connectivity index (χ1) is 19.4. The predicted molar refractivity (Wildman–Crippen MR) is 160 cm³/mol. The van der Waals surface area contributed by atoms with E-state index in [1.807, 2.05) is 33.8 Å². The van der Waals surface area contributed by atoms with E-state index in [9.17, 15) is 18.4 Å². The number of urea groups is 1. The van der Waals surface area contributed by atoms with Gasteiger partial charge in [-0.25, -0.2) is 18.6 Å². The van der Waals surface area contributed by atoms with Crippen molar-refractivity contribution in [3.8, 4) is 0 Å². The highest BCUT2D eigenvalue weighted by Gasteiger charge is 2.31. The molecule has 0 spiro atoms. The van der Waals surface area contributed by atoms with Crippen LogP contribution in [0.1, 0.15) is 77.0 Å². The number of ether oxygens (including phenoxy) is 1. The predicted octanol–water partition coefficient (Wildman–Crippen LogP) is 6.22. The number of nitrogen functional groups attached to an aromatic ring is 1. The van der Waals surface area contributed by atoms with Crippen LogP contribution < -0.4 is 20.9 Å². The maximum Gasteiger partial charge on any atom is 0.327 e. The van der Waals surface area contributed by atoms with E-state index in [0.717, 1.165) is 30.3 Å². The Morgan fingerprint density at radius 2 is 2.00 bits per heavy atom. The number of carbonyl (C=O) groups excluding carboxylic acids is 2. The molecule has 41 heavy (non-hydrogen) atoms. The average molecular weight is 573 g/mol. The van der Waals surface area contributed by atoms with Gasteiger partial charge in [0.25, 0.3) is 6.43 Å². The number of nitrogens with zero attached hydrogens (tertiary/aromatic N) is 4. The van der Waals surface area contributed by atoms with Gasteiger partial charge < -0.3 is 20.7 Å². The number of alkyl halides is 2. The third-order valence-corrected chi connectivity index (χ3v) is 6.91. The third-order valence-electron chi connectivity index (χ3n) is 6.91. The van der Waals surface area contributed by atoms with Gasteiger partial charge in [-0.1, -0.05) is 13.8 Å². The standard InChI is InChI=1S/C30H42F2N6O3/c1-7-13-37(14-10-19(8-2)28(39)41-30(3,4)5)25-9-12-35-27-21(25)11-15-38(27)29(40)36-24-16-20(18-34-6)23(33)17-22(24)26(31)32/h9,12,16-19,26H,7-8,10-11,13-15,33H2,1-6H3,(H,36,40). The molecule has 2 heterocycles. The number of nitrogens with two attached hydrogens (primary N) is 1. The Kier molecular flexibility index (Phi) is 10.6. The van der Waals surface area contributed by atoms with Gasteiger partial charge in [0.2, 0.25) is 0 Å². The number of nitrogens with one attached hydrogen (secondary N) is 1. The van der Waals surface area contributed by atoms with Crippen LogP contribution in [0.4, 0.5) is 36.5 Å². The fourth-order valence-electron chi connectivity index (χ4n) is 4.95. The average Bonchev–Trinajstić information content (AvgIpc) is 3.33. The molecule has 1 aromatic heterocycles. The maximum absolute atomic E-state index is 13.8. The van der Waals surface area contributed by atoms with Gasteiger partial charge in [0.15, 0.2) is 0 Å². The van der Waals surface area contributed by atoms with Crippen molar-refractivity contribution in [2.75, 3.05) is 47.5 Å². The zero-order valence-corrected chi connectivity index (χ0v) is 24.8. The molecule has 1 aromatic carbocycles. The summed E-state index contributed by atoms with van der Waals surface area (Å²) in [6.45, 7) is 11.4. The molecule has 0 aliphatic carbocycles. The summed E-state index contributed by atoms with van der Waals surface area (Å²) in [6.07, 6.45) is 3.03. The monoisotopic (exact) mass is 572 g/mol. The lowest BCUT2D eigenvalue weighted by molar-refractivity contribution is -0.160. The number of aromatic nitrogens is 1. The minimum absolute atomic E-state index is 0.0286. The number of anilines is 4. The van der Waals surface area contributed by atoms with Crippen LogP contribution in [0, 0.1) is 5.92 Å². The second-order valence-corrected chi connectivity index (χ2v) is 11.1. The molecule has 1 aliphatic heterocycles. The summed E-state index contributed by atoms with van der Waals surface area (Å²) in [4.78, 5) is 38.2. The van der Waals surface area contributed by atoms with Crippen LogP contribution in [0.15, 0.2) is 29.4 Å². The molecule has 0 saturated heterocycles. The second kappa shape index (κ2) is 13.7. The van der Waals surface area contributed by atoms with Crippen LogP contribution in [0.3, 0.4) is 0 Å². The molecule has 0 radical (unpaired) electrons. The molecule has 3 rings (SSSR count). The van der Waals surface area contributed by atoms with Crippen molar-refractivity contribution in [1.82, 2.24) is 4.98 Å². The van der Waals surface area contributed by atoms with Gasteiger partial charge in [-0.3, -0.25) is 14.7 Å².